The minimum absolute atomic E-state index is 0.380. The van der Waals surface area contributed by atoms with Crippen molar-refractivity contribution >= 4 is 5.82 Å². The van der Waals surface area contributed by atoms with Gasteiger partial charge in [0.25, 0.3) is 0 Å². The maximum absolute atomic E-state index is 4.54. The molecule has 0 spiro atoms. The number of aromatic nitrogens is 2. The van der Waals surface area contributed by atoms with E-state index in [1.807, 2.05) is 0 Å². The van der Waals surface area contributed by atoms with E-state index in [1.165, 1.54) is 16.7 Å². The molecule has 1 aromatic heterocycles. The second-order valence-corrected chi connectivity index (χ2v) is 5.22. The van der Waals surface area contributed by atoms with Crippen molar-refractivity contribution < 1.29 is 0 Å². The largest absolute Gasteiger partial charge is 0.370 e. The van der Waals surface area contributed by atoms with E-state index in [1.54, 1.807) is 6.33 Å². The number of anilines is 1. The van der Waals surface area contributed by atoms with Crippen LogP contribution in [0.5, 0.6) is 0 Å². The number of hydrogen-bond acceptors (Lipinski definition) is 3. The minimum Gasteiger partial charge on any atom is -0.370 e. The van der Waals surface area contributed by atoms with Crippen molar-refractivity contribution in [3.8, 4) is 11.3 Å². The second kappa shape index (κ2) is 6.51. The summed E-state index contributed by atoms with van der Waals surface area (Å²) in [6.45, 7) is 9.50. The zero-order valence-corrected chi connectivity index (χ0v) is 12.8. The summed E-state index contributed by atoms with van der Waals surface area (Å²) in [5, 5.41) is 3.35. The molecule has 1 heterocycles. The van der Waals surface area contributed by atoms with Gasteiger partial charge >= 0.3 is 0 Å². The SMILES string of the molecule is CCNc1ncnc(-c2cccc(CC)c2)c1C(C)C. The van der Waals surface area contributed by atoms with Crippen molar-refractivity contribution in [2.45, 2.75) is 40.0 Å². The molecule has 0 saturated carbocycles. The Labute approximate surface area is 121 Å². The van der Waals surface area contributed by atoms with Crippen LogP contribution in [0.4, 0.5) is 5.82 Å². The third-order valence-electron chi connectivity index (χ3n) is 3.41. The molecule has 2 aromatic rings. The molecule has 3 heteroatoms. The van der Waals surface area contributed by atoms with E-state index >= 15 is 0 Å². The lowest BCUT2D eigenvalue weighted by Gasteiger charge is -2.17. The highest BCUT2D eigenvalue weighted by atomic mass is 15.0. The standard InChI is InChI=1S/C17H23N3/c1-5-13-8-7-9-14(10-13)16-15(12(3)4)17(18-6-2)20-11-19-16/h7-12H,5-6H2,1-4H3,(H,18,19,20). The molecule has 3 nitrogen and oxygen atoms in total. The monoisotopic (exact) mass is 269 g/mol. The highest BCUT2D eigenvalue weighted by Gasteiger charge is 2.15. The van der Waals surface area contributed by atoms with E-state index in [0.717, 1.165) is 24.5 Å². The van der Waals surface area contributed by atoms with Crippen LogP contribution in [0.15, 0.2) is 30.6 Å². The van der Waals surface area contributed by atoms with Gasteiger partial charge in [0.1, 0.15) is 12.1 Å². The molecule has 1 aromatic carbocycles. The fourth-order valence-electron chi connectivity index (χ4n) is 2.42. The van der Waals surface area contributed by atoms with Gasteiger partial charge in [0.15, 0.2) is 0 Å². The van der Waals surface area contributed by atoms with Crippen molar-refractivity contribution in [2.24, 2.45) is 0 Å². The molecular weight excluding hydrogens is 246 g/mol. The summed E-state index contributed by atoms with van der Waals surface area (Å²) >= 11 is 0. The van der Waals surface area contributed by atoms with E-state index in [0.29, 0.717) is 5.92 Å². The molecule has 20 heavy (non-hydrogen) atoms. The molecule has 0 aliphatic carbocycles. The molecule has 0 aliphatic heterocycles. The molecule has 0 aliphatic rings. The van der Waals surface area contributed by atoms with Gasteiger partial charge in [-0.25, -0.2) is 9.97 Å². The van der Waals surface area contributed by atoms with E-state index in [9.17, 15) is 0 Å². The molecule has 106 valence electrons. The zero-order chi connectivity index (χ0) is 14.5. The van der Waals surface area contributed by atoms with Gasteiger partial charge in [0.2, 0.25) is 0 Å². The van der Waals surface area contributed by atoms with Crippen molar-refractivity contribution in [3.63, 3.8) is 0 Å². The molecule has 0 saturated heterocycles. The van der Waals surface area contributed by atoms with Gasteiger partial charge in [-0.05, 0) is 30.9 Å². The third-order valence-corrected chi connectivity index (χ3v) is 3.41. The molecular formula is C17H23N3. The molecule has 0 atom stereocenters. The number of nitrogens with one attached hydrogen (secondary N) is 1. The van der Waals surface area contributed by atoms with E-state index in [2.05, 4.69) is 67.2 Å². The van der Waals surface area contributed by atoms with Gasteiger partial charge in [-0.15, -0.1) is 0 Å². The smallest absolute Gasteiger partial charge is 0.133 e. The summed E-state index contributed by atoms with van der Waals surface area (Å²) < 4.78 is 0. The summed E-state index contributed by atoms with van der Waals surface area (Å²) in [6.07, 6.45) is 2.69. The fraction of sp³-hybridized carbons (Fsp3) is 0.412. The average Bonchev–Trinajstić information content (AvgIpc) is 2.47. The molecule has 0 radical (unpaired) electrons. The fourth-order valence-corrected chi connectivity index (χ4v) is 2.42. The Kier molecular flexibility index (Phi) is 4.72. The van der Waals surface area contributed by atoms with Crippen molar-refractivity contribution in [1.29, 1.82) is 0 Å². The van der Waals surface area contributed by atoms with Crippen LogP contribution in [-0.2, 0) is 6.42 Å². The zero-order valence-electron chi connectivity index (χ0n) is 12.8. The molecule has 0 fully saturated rings. The molecule has 0 amide bonds. The Morgan fingerprint density at radius 1 is 1.15 bits per heavy atom. The van der Waals surface area contributed by atoms with Gasteiger partial charge in [-0.3, -0.25) is 0 Å². The van der Waals surface area contributed by atoms with Crippen LogP contribution in [0.3, 0.4) is 0 Å². The van der Waals surface area contributed by atoms with Crippen molar-refractivity contribution in [3.05, 3.63) is 41.7 Å². The summed E-state index contributed by atoms with van der Waals surface area (Å²) in [5.74, 6) is 1.33. The predicted molar refractivity (Wildman–Crippen MR) is 85.1 cm³/mol. The molecule has 1 N–H and O–H groups in total. The second-order valence-electron chi connectivity index (χ2n) is 5.22. The lowest BCUT2D eigenvalue weighted by molar-refractivity contribution is 0.849. The van der Waals surface area contributed by atoms with E-state index in [4.69, 9.17) is 0 Å². The van der Waals surface area contributed by atoms with Gasteiger partial charge in [0.05, 0.1) is 5.69 Å². The molecule has 0 unspecified atom stereocenters. The van der Waals surface area contributed by atoms with Gasteiger partial charge in [-0.2, -0.15) is 0 Å². The lowest BCUT2D eigenvalue weighted by Crippen LogP contribution is -2.07. The van der Waals surface area contributed by atoms with Crippen LogP contribution >= 0.6 is 0 Å². The molecule has 0 bridgehead atoms. The summed E-state index contributed by atoms with van der Waals surface area (Å²) in [7, 11) is 0. The van der Waals surface area contributed by atoms with Crippen molar-refractivity contribution in [1.82, 2.24) is 9.97 Å². The number of hydrogen-bond donors (Lipinski definition) is 1. The first-order valence-electron chi connectivity index (χ1n) is 7.35. The minimum atomic E-state index is 0.380. The number of rotatable bonds is 5. The Morgan fingerprint density at radius 2 is 1.95 bits per heavy atom. The van der Waals surface area contributed by atoms with Crippen molar-refractivity contribution in [2.75, 3.05) is 11.9 Å². The number of nitrogens with zero attached hydrogens (tertiary/aromatic N) is 2. The summed E-state index contributed by atoms with van der Waals surface area (Å²) in [5.41, 5.74) is 4.75. The van der Waals surface area contributed by atoms with E-state index < -0.39 is 0 Å². The highest BCUT2D eigenvalue weighted by molar-refractivity contribution is 5.69. The van der Waals surface area contributed by atoms with Crippen LogP contribution in [0.25, 0.3) is 11.3 Å². The lowest BCUT2D eigenvalue weighted by atomic mass is 9.96. The van der Waals surface area contributed by atoms with Gasteiger partial charge in [-0.1, -0.05) is 39.0 Å². The molecule has 2 rings (SSSR count). The van der Waals surface area contributed by atoms with Crippen LogP contribution in [0.2, 0.25) is 0 Å². The Bertz CT molecular complexity index is 576. The van der Waals surface area contributed by atoms with Crippen LogP contribution in [0, 0.1) is 0 Å². The summed E-state index contributed by atoms with van der Waals surface area (Å²) in [4.78, 5) is 8.93. The van der Waals surface area contributed by atoms with E-state index in [-0.39, 0.29) is 0 Å². The average molecular weight is 269 g/mol. The maximum atomic E-state index is 4.54. The van der Waals surface area contributed by atoms with Crippen LogP contribution in [0.1, 0.15) is 44.7 Å². The first-order chi connectivity index (χ1) is 9.67. The maximum Gasteiger partial charge on any atom is 0.133 e. The predicted octanol–water partition coefficient (Wildman–Crippen LogP) is 4.26. The number of benzene rings is 1. The Hall–Kier alpha value is -1.90. The normalized spacial score (nSPS) is 10.8. The topological polar surface area (TPSA) is 37.8 Å². The first-order valence-corrected chi connectivity index (χ1v) is 7.35. The van der Waals surface area contributed by atoms with Gasteiger partial charge in [0, 0.05) is 17.7 Å². The van der Waals surface area contributed by atoms with Gasteiger partial charge < -0.3 is 5.32 Å². The summed E-state index contributed by atoms with van der Waals surface area (Å²) in [6, 6.07) is 8.62. The Morgan fingerprint density at radius 3 is 2.60 bits per heavy atom. The highest BCUT2D eigenvalue weighted by Crippen LogP contribution is 2.32. The van der Waals surface area contributed by atoms with Crippen LogP contribution in [-0.4, -0.2) is 16.5 Å². The first kappa shape index (κ1) is 14.5. The number of aryl methyl sites for hydroxylation is 1. The van der Waals surface area contributed by atoms with Crippen LogP contribution < -0.4 is 5.32 Å². The third kappa shape index (κ3) is 2.98. The quantitative estimate of drug-likeness (QED) is 0.881. The Balaban J connectivity index is 2.57.